The number of carbonyl (C=O) groups excluding carboxylic acids is 2. The number of aliphatic hydroxyl groups is 1. The molecule has 3 rings (SSSR count). The van der Waals surface area contributed by atoms with Crippen LogP contribution in [0.25, 0.3) is 0 Å². The molecule has 0 aromatic carbocycles. The van der Waals surface area contributed by atoms with Crippen LogP contribution >= 0.6 is 0 Å². The Balaban J connectivity index is 2.25. The van der Waals surface area contributed by atoms with Crippen LogP contribution in [0.1, 0.15) is 33.6 Å². The Morgan fingerprint density at radius 3 is 2.67 bits per heavy atom. The lowest BCUT2D eigenvalue weighted by Crippen LogP contribution is -2.64. The molecular weight excluding hydrogens is 232 g/mol. The van der Waals surface area contributed by atoms with Crippen LogP contribution in [0.3, 0.4) is 0 Å². The standard InChI is InChI=1S/C14H18O4/c1-12(2)7-6-10-13(3)8(12)4-5-9(15)14(13,17)11(16)18-10/h4-5,8,10,17H,6-7H2,1-3H3/t8-,10-,13+,14+/m0/s1. The first-order valence-corrected chi connectivity index (χ1v) is 6.40. The van der Waals surface area contributed by atoms with Gasteiger partial charge in [-0.2, -0.15) is 0 Å². The Labute approximate surface area is 106 Å². The van der Waals surface area contributed by atoms with Crippen molar-refractivity contribution in [3.8, 4) is 0 Å². The summed E-state index contributed by atoms with van der Waals surface area (Å²) in [6, 6.07) is 0. The largest absolute Gasteiger partial charge is 0.459 e. The van der Waals surface area contributed by atoms with Crippen molar-refractivity contribution in [3.63, 3.8) is 0 Å². The quantitative estimate of drug-likeness (QED) is 0.518. The van der Waals surface area contributed by atoms with Crippen LogP contribution in [0.5, 0.6) is 0 Å². The van der Waals surface area contributed by atoms with E-state index >= 15 is 0 Å². The maximum atomic E-state index is 12.0. The van der Waals surface area contributed by atoms with E-state index in [0.717, 1.165) is 6.42 Å². The van der Waals surface area contributed by atoms with Gasteiger partial charge in [0.1, 0.15) is 6.10 Å². The number of ketones is 1. The number of rotatable bonds is 0. The highest BCUT2D eigenvalue weighted by molar-refractivity contribution is 6.15. The molecule has 2 fully saturated rings. The van der Waals surface area contributed by atoms with Crippen LogP contribution in [-0.2, 0) is 14.3 Å². The van der Waals surface area contributed by atoms with Crippen molar-refractivity contribution in [2.45, 2.75) is 45.3 Å². The average Bonchev–Trinajstić information content (AvgIpc) is 2.48. The summed E-state index contributed by atoms with van der Waals surface area (Å²) in [7, 11) is 0. The molecule has 1 heterocycles. The van der Waals surface area contributed by atoms with Crippen molar-refractivity contribution >= 4 is 11.8 Å². The van der Waals surface area contributed by atoms with Crippen molar-refractivity contribution in [2.75, 3.05) is 0 Å². The highest BCUT2D eigenvalue weighted by Crippen LogP contribution is 2.62. The van der Waals surface area contributed by atoms with E-state index in [4.69, 9.17) is 4.74 Å². The van der Waals surface area contributed by atoms with Crippen LogP contribution in [0.15, 0.2) is 12.2 Å². The van der Waals surface area contributed by atoms with Crippen molar-refractivity contribution < 1.29 is 19.4 Å². The minimum Gasteiger partial charge on any atom is -0.459 e. The highest BCUT2D eigenvalue weighted by Gasteiger charge is 2.74. The second-order valence-corrected chi connectivity index (χ2v) is 6.62. The van der Waals surface area contributed by atoms with Gasteiger partial charge in [-0.05, 0) is 30.3 Å². The number of hydrogen-bond donors (Lipinski definition) is 1. The van der Waals surface area contributed by atoms with Gasteiger partial charge >= 0.3 is 5.97 Å². The Kier molecular flexibility index (Phi) is 2.01. The molecule has 0 aromatic rings. The lowest BCUT2D eigenvalue weighted by molar-refractivity contribution is -0.168. The number of esters is 1. The first kappa shape index (κ1) is 11.9. The number of carbonyl (C=O) groups is 2. The third-order valence-corrected chi connectivity index (χ3v) is 5.33. The topological polar surface area (TPSA) is 63.6 Å². The lowest BCUT2D eigenvalue weighted by atomic mass is 9.48. The molecule has 0 bridgehead atoms. The van der Waals surface area contributed by atoms with E-state index in [-0.39, 0.29) is 17.4 Å². The Bertz CT molecular complexity index is 478. The first-order valence-electron chi connectivity index (χ1n) is 6.40. The van der Waals surface area contributed by atoms with E-state index in [9.17, 15) is 14.7 Å². The van der Waals surface area contributed by atoms with Gasteiger partial charge in [-0.15, -0.1) is 0 Å². The molecule has 0 radical (unpaired) electrons. The van der Waals surface area contributed by atoms with Crippen molar-refractivity contribution in [1.29, 1.82) is 0 Å². The molecule has 1 saturated carbocycles. The molecule has 18 heavy (non-hydrogen) atoms. The van der Waals surface area contributed by atoms with Crippen LogP contribution in [0.4, 0.5) is 0 Å². The van der Waals surface area contributed by atoms with Crippen molar-refractivity contribution in [3.05, 3.63) is 12.2 Å². The van der Waals surface area contributed by atoms with Crippen LogP contribution in [0, 0.1) is 16.7 Å². The minimum atomic E-state index is -1.99. The van der Waals surface area contributed by atoms with E-state index in [1.807, 2.05) is 13.0 Å². The maximum Gasteiger partial charge on any atom is 0.347 e. The van der Waals surface area contributed by atoms with E-state index < -0.39 is 22.8 Å². The molecule has 0 amide bonds. The zero-order chi connectivity index (χ0) is 13.3. The summed E-state index contributed by atoms with van der Waals surface area (Å²) < 4.78 is 5.30. The molecule has 0 spiro atoms. The van der Waals surface area contributed by atoms with Crippen LogP contribution in [-0.4, -0.2) is 28.6 Å². The summed E-state index contributed by atoms with van der Waals surface area (Å²) >= 11 is 0. The fraction of sp³-hybridized carbons (Fsp3) is 0.714. The number of allylic oxidation sites excluding steroid dienone is 1. The third-order valence-electron chi connectivity index (χ3n) is 5.33. The summed E-state index contributed by atoms with van der Waals surface area (Å²) in [5.41, 5.74) is -2.88. The van der Waals surface area contributed by atoms with E-state index in [0.29, 0.717) is 6.42 Å². The number of ether oxygens (including phenoxy) is 1. The summed E-state index contributed by atoms with van der Waals surface area (Å²) in [6.45, 7) is 6.04. The van der Waals surface area contributed by atoms with Gasteiger partial charge in [0.2, 0.25) is 5.60 Å². The molecule has 0 unspecified atom stereocenters. The zero-order valence-corrected chi connectivity index (χ0v) is 10.9. The Morgan fingerprint density at radius 2 is 2.00 bits per heavy atom. The molecule has 0 aromatic heterocycles. The van der Waals surface area contributed by atoms with Gasteiger partial charge in [-0.3, -0.25) is 4.79 Å². The van der Waals surface area contributed by atoms with Gasteiger partial charge in [0, 0.05) is 0 Å². The maximum absolute atomic E-state index is 12.0. The Hall–Kier alpha value is -1.16. The van der Waals surface area contributed by atoms with E-state index in [1.54, 1.807) is 0 Å². The summed E-state index contributed by atoms with van der Waals surface area (Å²) in [6.07, 6.45) is 4.46. The van der Waals surface area contributed by atoms with Gasteiger partial charge in [-0.25, -0.2) is 4.79 Å². The minimum absolute atomic E-state index is 0.0297. The predicted molar refractivity (Wildman–Crippen MR) is 63.6 cm³/mol. The molecule has 3 aliphatic rings. The fourth-order valence-corrected chi connectivity index (χ4v) is 4.17. The Morgan fingerprint density at radius 1 is 1.33 bits per heavy atom. The van der Waals surface area contributed by atoms with Crippen LogP contribution < -0.4 is 0 Å². The average molecular weight is 250 g/mol. The molecule has 4 nitrogen and oxygen atoms in total. The van der Waals surface area contributed by atoms with Crippen LogP contribution in [0.2, 0.25) is 0 Å². The highest BCUT2D eigenvalue weighted by atomic mass is 16.6. The van der Waals surface area contributed by atoms with Gasteiger partial charge < -0.3 is 9.84 Å². The molecule has 1 N–H and O–H groups in total. The molecule has 1 saturated heterocycles. The molecule has 1 aliphatic heterocycles. The SMILES string of the molecule is CC1(C)CC[C@@H]2OC(=O)[C@]3(O)C(=O)C=C[C@@H]1[C@]23C. The smallest absolute Gasteiger partial charge is 0.347 e. The second kappa shape index (κ2) is 3.05. The van der Waals surface area contributed by atoms with Crippen molar-refractivity contribution in [1.82, 2.24) is 0 Å². The molecule has 2 aliphatic carbocycles. The lowest BCUT2D eigenvalue weighted by Gasteiger charge is -2.54. The molecule has 4 heteroatoms. The summed E-state index contributed by atoms with van der Waals surface area (Å²) in [5.74, 6) is -1.34. The first-order chi connectivity index (χ1) is 8.24. The zero-order valence-electron chi connectivity index (χ0n) is 10.9. The van der Waals surface area contributed by atoms with E-state index in [1.165, 1.54) is 6.08 Å². The van der Waals surface area contributed by atoms with Gasteiger partial charge in [0.25, 0.3) is 0 Å². The van der Waals surface area contributed by atoms with Gasteiger partial charge in [0.15, 0.2) is 5.78 Å². The monoisotopic (exact) mass is 250 g/mol. The third kappa shape index (κ3) is 1.02. The fourth-order valence-electron chi connectivity index (χ4n) is 4.17. The molecule has 4 atom stereocenters. The molecular formula is C14H18O4. The summed E-state index contributed by atoms with van der Waals surface area (Å²) in [4.78, 5) is 24.0. The van der Waals surface area contributed by atoms with Gasteiger partial charge in [-0.1, -0.05) is 26.8 Å². The predicted octanol–water partition coefficient (Wildman–Crippen LogP) is 1.22. The van der Waals surface area contributed by atoms with E-state index in [2.05, 4.69) is 13.8 Å². The van der Waals surface area contributed by atoms with Gasteiger partial charge in [0.05, 0.1) is 5.41 Å². The number of hydrogen-bond acceptors (Lipinski definition) is 4. The molecule has 98 valence electrons. The van der Waals surface area contributed by atoms with Crippen molar-refractivity contribution in [2.24, 2.45) is 16.7 Å². The second-order valence-electron chi connectivity index (χ2n) is 6.62. The normalized spacial score (nSPS) is 48.9. The summed E-state index contributed by atoms with van der Waals surface area (Å²) in [5, 5.41) is 10.7.